The molecule has 19 heavy (non-hydrogen) atoms. The molecule has 0 aliphatic rings. The third kappa shape index (κ3) is 3.09. The summed E-state index contributed by atoms with van der Waals surface area (Å²) >= 11 is 4.34. The van der Waals surface area contributed by atoms with Crippen molar-refractivity contribution in [3.05, 3.63) is 38.7 Å². The van der Waals surface area contributed by atoms with Gasteiger partial charge in [0.1, 0.15) is 6.07 Å². The van der Waals surface area contributed by atoms with Gasteiger partial charge < -0.3 is 0 Å². The number of thioether (sulfide) groups is 1. The smallest absolute Gasteiger partial charge is 0.217 e. The first-order valence-corrected chi connectivity index (χ1v) is 9.57. The Balaban J connectivity index is 2.43. The molecule has 0 N–H and O–H groups in total. The van der Waals surface area contributed by atoms with E-state index in [1.54, 1.807) is 23.2 Å². The van der Waals surface area contributed by atoms with E-state index in [-0.39, 0.29) is 9.80 Å². The van der Waals surface area contributed by atoms with Crippen LogP contribution in [0.4, 0.5) is 0 Å². The molecule has 2 rings (SSSR count). The molecule has 0 atom stereocenters. The molecule has 0 aliphatic carbocycles. The zero-order valence-electron chi connectivity index (χ0n) is 9.86. The third-order valence-electron chi connectivity index (χ3n) is 2.28. The summed E-state index contributed by atoms with van der Waals surface area (Å²) < 4.78 is 25.5. The Morgan fingerprint density at radius 2 is 2.21 bits per heavy atom. The molecule has 0 saturated heterocycles. The normalized spacial score (nSPS) is 12.3. The molecule has 0 aliphatic heterocycles. The maximum atomic E-state index is 12.2. The largest absolute Gasteiger partial charge is 0.218 e. The molecular weight excluding hydrogens is 318 g/mol. The lowest BCUT2D eigenvalue weighted by molar-refractivity contribution is 0.603. The fraction of sp³-hybridized carbons (Fsp3) is 0.0833. The van der Waals surface area contributed by atoms with Crippen LogP contribution < -0.4 is 0 Å². The van der Waals surface area contributed by atoms with Gasteiger partial charge in [0.15, 0.2) is 4.91 Å². The molecule has 2 aromatic heterocycles. The lowest BCUT2D eigenvalue weighted by Crippen LogP contribution is -2.01. The van der Waals surface area contributed by atoms with Crippen LogP contribution in [0.5, 0.6) is 0 Å². The van der Waals surface area contributed by atoms with E-state index in [2.05, 4.69) is 0 Å². The van der Waals surface area contributed by atoms with Crippen molar-refractivity contribution in [2.75, 3.05) is 6.26 Å². The minimum Gasteiger partial charge on any atom is -0.218 e. The predicted molar refractivity (Wildman–Crippen MR) is 81.2 cm³/mol. The van der Waals surface area contributed by atoms with Crippen LogP contribution in [0, 0.1) is 11.3 Å². The van der Waals surface area contributed by atoms with Crippen molar-refractivity contribution in [1.82, 2.24) is 0 Å². The van der Waals surface area contributed by atoms with Crippen molar-refractivity contribution < 1.29 is 8.42 Å². The molecule has 0 radical (unpaired) electrons. The minimum absolute atomic E-state index is 0.173. The SMILES string of the molecule is CSc1ccc(/C=C(\C#N)S(=O)(=O)c2ccsc2)s1. The van der Waals surface area contributed by atoms with Gasteiger partial charge in [-0.25, -0.2) is 8.42 Å². The summed E-state index contributed by atoms with van der Waals surface area (Å²) in [6.07, 6.45) is 3.38. The molecular formula is C12H9NO2S4. The molecule has 2 heterocycles. The highest BCUT2D eigenvalue weighted by atomic mass is 32.2. The first-order valence-electron chi connectivity index (χ1n) is 5.11. The summed E-state index contributed by atoms with van der Waals surface area (Å²) in [5.41, 5.74) is 0. The number of thiophene rings is 2. The maximum Gasteiger partial charge on any atom is 0.217 e. The van der Waals surface area contributed by atoms with Crippen LogP contribution in [0.15, 0.2) is 43.0 Å². The van der Waals surface area contributed by atoms with Gasteiger partial charge in [0, 0.05) is 10.3 Å². The van der Waals surface area contributed by atoms with Gasteiger partial charge >= 0.3 is 0 Å². The second-order valence-corrected chi connectivity index (χ2v) is 8.36. The van der Waals surface area contributed by atoms with Crippen LogP contribution >= 0.6 is 34.4 Å². The number of nitrogens with zero attached hydrogens (tertiary/aromatic N) is 1. The highest BCUT2D eigenvalue weighted by molar-refractivity contribution is 8.00. The molecule has 0 saturated carbocycles. The molecule has 7 heteroatoms. The van der Waals surface area contributed by atoms with Crippen molar-refractivity contribution in [1.29, 1.82) is 5.26 Å². The fourth-order valence-corrected chi connectivity index (χ4v) is 5.11. The Kier molecular flexibility index (Phi) is 4.47. The molecule has 0 fully saturated rings. The van der Waals surface area contributed by atoms with Crippen LogP contribution in [0.1, 0.15) is 4.88 Å². The lowest BCUT2D eigenvalue weighted by Gasteiger charge is -1.98. The Hall–Kier alpha value is -1.07. The van der Waals surface area contributed by atoms with Crippen LogP contribution in [0.25, 0.3) is 6.08 Å². The van der Waals surface area contributed by atoms with Gasteiger partial charge in [0.25, 0.3) is 0 Å². The van der Waals surface area contributed by atoms with Crippen molar-refractivity contribution in [2.24, 2.45) is 0 Å². The van der Waals surface area contributed by atoms with Gasteiger partial charge in [0.05, 0.1) is 9.10 Å². The van der Waals surface area contributed by atoms with Crippen LogP contribution in [0.3, 0.4) is 0 Å². The molecule has 98 valence electrons. The number of rotatable bonds is 4. The Labute approximate surface area is 124 Å². The van der Waals surface area contributed by atoms with Gasteiger partial charge in [-0.15, -0.1) is 23.1 Å². The number of hydrogen-bond acceptors (Lipinski definition) is 6. The monoisotopic (exact) mass is 327 g/mol. The van der Waals surface area contributed by atoms with Gasteiger partial charge in [0.2, 0.25) is 9.84 Å². The number of sulfone groups is 1. The third-order valence-corrected chi connectivity index (χ3v) is 6.89. The second-order valence-electron chi connectivity index (χ2n) is 3.44. The van der Waals surface area contributed by atoms with Crippen LogP contribution in [-0.4, -0.2) is 14.7 Å². The van der Waals surface area contributed by atoms with E-state index in [1.165, 1.54) is 40.2 Å². The van der Waals surface area contributed by atoms with Crippen molar-refractivity contribution in [2.45, 2.75) is 9.10 Å². The molecule has 0 bridgehead atoms. The number of hydrogen-bond donors (Lipinski definition) is 0. The summed E-state index contributed by atoms with van der Waals surface area (Å²) in [6, 6.07) is 7.02. The van der Waals surface area contributed by atoms with E-state index in [4.69, 9.17) is 5.26 Å². The van der Waals surface area contributed by atoms with Crippen molar-refractivity contribution >= 4 is 50.3 Å². The van der Waals surface area contributed by atoms with Gasteiger partial charge in [-0.2, -0.15) is 16.6 Å². The van der Waals surface area contributed by atoms with E-state index in [0.717, 1.165) is 9.09 Å². The molecule has 0 spiro atoms. The molecule has 0 aromatic carbocycles. The zero-order chi connectivity index (χ0) is 13.9. The Bertz CT molecular complexity index is 733. The standard InChI is InChI=1S/C12H9NO2S4/c1-16-12-3-2-9(18-12)6-11(7-13)19(14,15)10-4-5-17-8-10/h2-6,8H,1H3/b11-6+. The lowest BCUT2D eigenvalue weighted by atomic mass is 10.4. The van der Waals surface area contributed by atoms with Crippen molar-refractivity contribution in [3.63, 3.8) is 0 Å². The highest BCUT2D eigenvalue weighted by Crippen LogP contribution is 2.29. The zero-order valence-corrected chi connectivity index (χ0v) is 13.1. The average molecular weight is 327 g/mol. The predicted octanol–water partition coefficient (Wildman–Crippen LogP) is 3.87. The maximum absolute atomic E-state index is 12.2. The van der Waals surface area contributed by atoms with Gasteiger partial charge in [-0.1, -0.05) is 0 Å². The summed E-state index contributed by atoms with van der Waals surface area (Å²) in [6.45, 7) is 0. The molecule has 3 nitrogen and oxygen atoms in total. The minimum atomic E-state index is -3.69. The van der Waals surface area contributed by atoms with Gasteiger partial charge in [-0.05, 0) is 35.9 Å². The topological polar surface area (TPSA) is 57.9 Å². The summed E-state index contributed by atoms with van der Waals surface area (Å²) in [5.74, 6) is 0. The quantitative estimate of drug-likeness (QED) is 0.632. The van der Waals surface area contributed by atoms with E-state index >= 15 is 0 Å². The highest BCUT2D eigenvalue weighted by Gasteiger charge is 2.21. The van der Waals surface area contributed by atoms with E-state index in [9.17, 15) is 8.42 Å². The number of nitriles is 1. The van der Waals surface area contributed by atoms with Crippen LogP contribution in [0.2, 0.25) is 0 Å². The summed E-state index contributed by atoms with van der Waals surface area (Å²) in [4.78, 5) is 0.715. The molecule has 0 amide bonds. The van der Waals surface area contributed by atoms with Crippen molar-refractivity contribution in [3.8, 4) is 6.07 Å². The Morgan fingerprint density at radius 3 is 2.74 bits per heavy atom. The second kappa shape index (κ2) is 5.92. The van der Waals surface area contributed by atoms with E-state index in [0.29, 0.717) is 0 Å². The van der Waals surface area contributed by atoms with Crippen LogP contribution in [-0.2, 0) is 9.84 Å². The van der Waals surface area contributed by atoms with E-state index in [1.807, 2.05) is 18.4 Å². The summed E-state index contributed by atoms with van der Waals surface area (Å²) in [5, 5.41) is 12.3. The summed E-state index contributed by atoms with van der Waals surface area (Å²) in [7, 11) is -3.69. The fourth-order valence-electron chi connectivity index (χ4n) is 1.35. The Morgan fingerprint density at radius 1 is 1.42 bits per heavy atom. The first-order chi connectivity index (χ1) is 9.07. The molecule has 0 unspecified atom stereocenters. The number of allylic oxidation sites excluding steroid dienone is 1. The average Bonchev–Trinajstić information content (AvgIpc) is 3.06. The van der Waals surface area contributed by atoms with Gasteiger partial charge in [-0.3, -0.25) is 0 Å². The molecule has 2 aromatic rings. The first kappa shape index (κ1) is 14.3. The van der Waals surface area contributed by atoms with E-state index < -0.39 is 9.84 Å².